The van der Waals surface area contributed by atoms with Gasteiger partial charge in [0.1, 0.15) is 6.10 Å². The number of carbonyl (C=O) groups is 1. The van der Waals surface area contributed by atoms with Crippen molar-refractivity contribution in [1.29, 1.82) is 0 Å². The number of rotatable bonds is 7. The van der Waals surface area contributed by atoms with Crippen molar-refractivity contribution < 1.29 is 24.5 Å². The first kappa shape index (κ1) is 19.1. The average molecular weight is 410 g/mol. The van der Waals surface area contributed by atoms with Crippen LogP contribution in [0.15, 0.2) is 46.9 Å². The Balaban J connectivity index is 2.09. The average Bonchev–Trinajstić information content (AvgIpc) is 2.60. The summed E-state index contributed by atoms with van der Waals surface area (Å²) in [7, 11) is 1.46. The van der Waals surface area contributed by atoms with Crippen LogP contribution in [0.2, 0.25) is 0 Å². The number of aliphatic hydroxyl groups is 1. The van der Waals surface area contributed by atoms with Crippen LogP contribution < -0.4 is 10.1 Å². The van der Waals surface area contributed by atoms with Crippen LogP contribution in [0.5, 0.6) is 11.5 Å². The molecule has 0 heterocycles. The minimum atomic E-state index is -0.611. The summed E-state index contributed by atoms with van der Waals surface area (Å²) in [5, 5.41) is 21.6. The van der Waals surface area contributed by atoms with E-state index in [1.807, 2.05) is 0 Å². The zero-order chi connectivity index (χ0) is 18.2. The maximum Gasteiger partial charge on any atom is 0.412 e. The summed E-state index contributed by atoms with van der Waals surface area (Å²) >= 11 is 3.33. The molecule has 0 radical (unpaired) electrons. The second-order valence-electron chi connectivity index (χ2n) is 5.32. The molecule has 1 atom stereocenters. The van der Waals surface area contributed by atoms with Gasteiger partial charge in [-0.15, -0.1) is 0 Å². The standard InChI is InChI=1S/C18H20BrNO5/c1-24-17-9-4-12(11-15(17)22)16(3-2-10-21)25-18(23)20-14-7-5-13(19)6-8-14/h4-9,11,16,21-22H,2-3,10H2,1H3,(H,20,23)/t16-/m0/s1. The second-order valence-corrected chi connectivity index (χ2v) is 6.24. The predicted molar refractivity (Wildman–Crippen MR) is 98.0 cm³/mol. The van der Waals surface area contributed by atoms with Gasteiger partial charge in [-0.3, -0.25) is 5.32 Å². The van der Waals surface area contributed by atoms with Crippen LogP contribution in [-0.2, 0) is 4.74 Å². The summed E-state index contributed by atoms with van der Waals surface area (Å²) in [6.45, 7) is -0.0175. The molecule has 0 aliphatic carbocycles. The third-order valence-electron chi connectivity index (χ3n) is 3.54. The molecule has 0 aromatic heterocycles. The predicted octanol–water partition coefficient (Wildman–Crippen LogP) is 4.23. The fourth-order valence-electron chi connectivity index (χ4n) is 2.29. The number of phenols is 1. The topological polar surface area (TPSA) is 88.0 Å². The summed E-state index contributed by atoms with van der Waals surface area (Å²) in [6.07, 6.45) is -0.320. The van der Waals surface area contributed by atoms with Crippen LogP contribution in [0.3, 0.4) is 0 Å². The number of carbonyl (C=O) groups excluding carboxylic acids is 1. The highest BCUT2D eigenvalue weighted by molar-refractivity contribution is 9.10. The molecule has 0 spiro atoms. The molecule has 1 amide bonds. The zero-order valence-corrected chi connectivity index (χ0v) is 15.3. The first-order valence-corrected chi connectivity index (χ1v) is 8.53. The highest BCUT2D eigenvalue weighted by atomic mass is 79.9. The number of nitrogens with one attached hydrogen (secondary N) is 1. The van der Waals surface area contributed by atoms with Crippen molar-refractivity contribution in [1.82, 2.24) is 0 Å². The van der Waals surface area contributed by atoms with Gasteiger partial charge in [-0.05, 0) is 54.8 Å². The Morgan fingerprint density at radius 3 is 2.56 bits per heavy atom. The molecule has 6 nitrogen and oxygen atoms in total. The normalized spacial score (nSPS) is 11.6. The summed E-state index contributed by atoms with van der Waals surface area (Å²) in [6, 6.07) is 11.9. The smallest absolute Gasteiger partial charge is 0.412 e. The van der Waals surface area contributed by atoms with Gasteiger partial charge in [0.25, 0.3) is 0 Å². The minimum Gasteiger partial charge on any atom is -0.504 e. The molecule has 0 saturated heterocycles. The van der Waals surface area contributed by atoms with E-state index in [0.29, 0.717) is 29.8 Å². The molecule has 7 heteroatoms. The SMILES string of the molecule is COc1ccc([C@H](CCCO)OC(=O)Nc2ccc(Br)cc2)cc1O. The molecule has 0 bridgehead atoms. The van der Waals surface area contributed by atoms with Crippen molar-refractivity contribution >= 4 is 27.7 Å². The summed E-state index contributed by atoms with van der Waals surface area (Å²) in [5.74, 6) is 0.301. The Labute approximate surface area is 154 Å². The second kappa shape index (κ2) is 9.29. The van der Waals surface area contributed by atoms with E-state index < -0.39 is 12.2 Å². The Hall–Kier alpha value is -2.25. The van der Waals surface area contributed by atoms with E-state index in [9.17, 15) is 9.90 Å². The lowest BCUT2D eigenvalue weighted by atomic mass is 10.0. The quantitative estimate of drug-likeness (QED) is 0.636. The number of halogens is 1. The van der Waals surface area contributed by atoms with E-state index in [0.717, 1.165) is 4.47 Å². The van der Waals surface area contributed by atoms with Crippen molar-refractivity contribution in [2.24, 2.45) is 0 Å². The van der Waals surface area contributed by atoms with E-state index >= 15 is 0 Å². The third-order valence-corrected chi connectivity index (χ3v) is 4.07. The van der Waals surface area contributed by atoms with Gasteiger partial charge in [-0.1, -0.05) is 22.0 Å². The number of aromatic hydroxyl groups is 1. The lowest BCUT2D eigenvalue weighted by Gasteiger charge is -2.19. The van der Waals surface area contributed by atoms with Crippen molar-refractivity contribution in [3.8, 4) is 11.5 Å². The molecule has 0 unspecified atom stereocenters. The number of anilines is 1. The van der Waals surface area contributed by atoms with E-state index in [4.69, 9.17) is 14.6 Å². The van der Waals surface area contributed by atoms with Crippen LogP contribution in [0, 0.1) is 0 Å². The number of hydrogen-bond acceptors (Lipinski definition) is 5. The number of methoxy groups -OCH3 is 1. The number of ether oxygens (including phenoxy) is 2. The van der Waals surface area contributed by atoms with Crippen LogP contribution >= 0.6 is 15.9 Å². The lowest BCUT2D eigenvalue weighted by Crippen LogP contribution is -2.18. The number of amides is 1. The largest absolute Gasteiger partial charge is 0.504 e. The van der Waals surface area contributed by atoms with Crippen molar-refractivity contribution in [2.45, 2.75) is 18.9 Å². The van der Waals surface area contributed by atoms with Gasteiger partial charge in [0, 0.05) is 16.8 Å². The molecule has 134 valence electrons. The van der Waals surface area contributed by atoms with E-state index in [2.05, 4.69) is 21.2 Å². The van der Waals surface area contributed by atoms with Crippen LogP contribution in [0.1, 0.15) is 24.5 Å². The Bertz CT molecular complexity index is 705. The Kier molecular flexibility index (Phi) is 7.09. The van der Waals surface area contributed by atoms with E-state index in [1.165, 1.54) is 13.2 Å². The van der Waals surface area contributed by atoms with Gasteiger partial charge in [0.05, 0.1) is 7.11 Å². The molecule has 0 fully saturated rings. The molecule has 25 heavy (non-hydrogen) atoms. The number of hydrogen-bond donors (Lipinski definition) is 3. The summed E-state index contributed by atoms with van der Waals surface area (Å²) in [5.41, 5.74) is 1.23. The highest BCUT2D eigenvalue weighted by Crippen LogP contribution is 2.32. The van der Waals surface area contributed by atoms with Crippen molar-refractivity contribution in [3.05, 3.63) is 52.5 Å². The fraction of sp³-hybridized carbons (Fsp3) is 0.278. The lowest BCUT2D eigenvalue weighted by molar-refractivity contribution is 0.0993. The molecule has 2 aromatic carbocycles. The maximum atomic E-state index is 12.2. The molecule has 2 aromatic rings. The number of phenolic OH excluding ortho intramolecular Hbond substituents is 1. The highest BCUT2D eigenvalue weighted by Gasteiger charge is 2.18. The third kappa shape index (κ3) is 5.65. The first-order valence-electron chi connectivity index (χ1n) is 7.74. The fourth-order valence-corrected chi connectivity index (χ4v) is 2.55. The van der Waals surface area contributed by atoms with Gasteiger partial charge in [-0.2, -0.15) is 0 Å². The Morgan fingerprint density at radius 2 is 1.96 bits per heavy atom. The molecule has 3 N–H and O–H groups in total. The van der Waals surface area contributed by atoms with Gasteiger partial charge in [-0.25, -0.2) is 4.79 Å². The molecule has 0 aliphatic heterocycles. The Morgan fingerprint density at radius 1 is 1.24 bits per heavy atom. The van der Waals surface area contributed by atoms with Crippen LogP contribution in [0.25, 0.3) is 0 Å². The minimum absolute atomic E-state index is 0.0175. The van der Waals surface area contributed by atoms with Crippen LogP contribution in [-0.4, -0.2) is 30.0 Å². The van der Waals surface area contributed by atoms with Crippen molar-refractivity contribution in [2.75, 3.05) is 19.0 Å². The molecule has 0 saturated carbocycles. The van der Waals surface area contributed by atoms with Gasteiger partial charge in [0.15, 0.2) is 11.5 Å². The zero-order valence-electron chi connectivity index (χ0n) is 13.7. The molecule has 2 rings (SSSR count). The number of benzene rings is 2. The monoisotopic (exact) mass is 409 g/mol. The van der Waals surface area contributed by atoms with Gasteiger partial charge >= 0.3 is 6.09 Å². The van der Waals surface area contributed by atoms with E-state index in [-0.39, 0.29) is 12.4 Å². The van der Waals surface area contributed by atoms with Crippen LogP contribution in [0.4, 0.5) is 10.5 Å². The first-order chi connectivity index (χ1) is 12.0. The molecule has 0 aliphatic rings. The van der Waals surface area contributed by atoms with E-state index in [1.54, 1.807) is 36.4 Å². The number of aliphatic hydroxyl groups excluding tert-OH is 1. The van der Waals surface area contributed by atoms with Gasteiger partial charge < -0.3 is 19.7 Å². The summed E-state index contributed by atoms with van der Waals surface area (Å²) in [4.78, 5) is 12.2. The summed E-state index contributed by atoms with van der Waals surface area (Å²) < 4.78 is 11.4. The molecular formula is C18H20BrNO5. The maximum absolute atomic E-state index is 12.2. The molecular weight excluding hydrogens is 390 g/mol. The van der Waals surface area contributed by atoms with Crippen molar-refractivity contribution in [3.63, 3.8) is 0 Å². The van der Waals surface area contributed by atoms with Gasteiger partial charge in [0.2, 0.25) is 0 Å².